The van der Waals surface area contributed by atoms with Crippen LogP contribution in [0.1, 0.15) is 17.5 Å². The summed E-state index contributed by atoms with van der Waals surface area (Å²) in [4.78, 5) is 21.5. The first kappa shape index (κ1) is 13.5. The van der Waals surface area contributed by atoms with Gasteiger partial charge in [0.2, 0.25) is 0 Å². The fraction of sp³-hybridized carbons (Fsp3) is 0.250. The highest BCUT2D eigenvalue weighted by Crippen LogP contribution is 2.21. The van der Waals surface area contributed by atoms with Crippen LogP contribution in [0, 0.1) is 18.3 Å². The van der Waals surface area contributed by atoms with Gasteiger partial charge in [0.05, 0.1) is 17.7 Å². The molecule has 0 aliphatic rings. The number of benzene rings is 1. The monoisotopic (exact) mass is 248 g/mol. The van der Waals surface area contributed by atoms with Gasteiger partial charge in [0.15, 0.2) is 0 Å². The third-order valence-corrected chi connectivity index (χ3v) is 2.39. The second-order valence-electron chi connectivity index (χ2n) is 3.74. The number of para-hydroxylation sites is 1. The maximum Gasteiger partial charge on any atom is 0.326 e. The first-order chi connectivity index (χ1) is 8.45. The number of carboxylic acids is 2. The molecule has 0 heterocycles. The second-order valence-corrected chi connectivity index (χ2v) is 3.74. The molecule has 0 aromatic heterocycles. The van der Waals surface area contributed by atoms with Gasteiger partial charge >= 0.3 is 11.9 Å². The number of hydrogen-bond donors (Lipinski definition) is 3. The summed E-state index contributed by atoms with van der Waals surface area (Å²) in [5, 5.41) is 29.1. The molecule has 0 bridgehead atoms. The van der Waals surface area contributed by atoms with Crippen molar-refractivity contribution in [2.45, 2.75) is 19.4 Å². The molecule has 1 aromatic carbocycles. The minimum absolute atomic E-state index is 0.284. The zero-order valence-corrected chi connectivity index (χ0v) is 9.67. The fourth-order valence-corrected chi connectivity index (χ4v) is 1.50. The van der Waals surface area contributed by atoms with Gasteiger partial charge in [-0.3, -0.25) is 4.79 Å². The van der Waals surface area contributed by atoms with Gasteiger partial charge in [-0.25, -0.2) is 4.79 Å². The van der Waals surface area contributed by atoms with E-state index in [1.807, 2.05) is 6.07 Å². The lowest BCUT2D eigenvalue weighted by molar-refractivity contribution is -0.144. The first-order valence-corrected chi connectivity index (χ1v) is 5.16. The van der Waals surface area contributed by atoms with E-state index in [2.05, 4.69) is 5.32 Å². The Labute approximate surface area is 103 Å². The third kappa shape index (κ3) is 3.22. The van der Waals surface area contributed by atoms with E-state index in [1.54, 1.807) is 19.1 Å². The van der Waals surface area contributed by atoms with E-state index >= 15 is 0 Å². The Balaban J connectivity index is 3.04. The minimum Gasteiger partial charge on any atom is -0.481 e. The zero-order valence-electron chi connectivity index (χ0n) is 9.67. The van der Waals surface area contributed by atoms with E-state index < -0.39 is 24.4 Å². The van der Waals surface area contributed by atoms with Gasteiger partial charge in [0.25, 0.3) is 0 Å². The Morgan fingerprint density at radius 3 is 2.61 bits per heavy atom. The van der Waals surface area contributed by atoms with Crippen molar-refractivity contribution in [3.8, 4) is 6.07 Å². The molecule has 1 rings (SSSR count). The number of aliphatic carboxylic acids is 2. The predicted octanol–water partition coefficient (Wildman–Crippen LogP) is 1.21. The zero-order chi connectivity index (χ0) is 13.7. The smallest absolute Gasteiger partial charge is 0.326 e. The molecule has 0 spiro atoms. The van der Waals surface area contributed by atoms with Crippen molar-refractivity contribution < 1.29 is 19.8 Å². The maximum absolute atomic E-state index is 10.9. The standard InChI is InChI=1S/C12H12N2O4/c1-7-3-2-4-8(6-13)11(7)14-9(12(17)18)5-10(15)16/h2-4,9,14H,5H2,1H3,(H,15,16)(H,17,18). The van der Waals surface area contributed by atoms with Crippen molar-refractivity contribution in [3.05, 3.63) is 29.3 Å². The number of nitriles is 1. The van der Waals surface area contributed by atoms with Crippen LogP contribution in [0.4, 0.5) is 5.69 Å². The van der Waals surface area contributed by atoms with E-state index in [4.69, 9.17) is 15.5 Å². The SMILES string of the molecule is Cc1cccc(C#N)c1NC(CC(=O)O)C(=O)O. The van der Waals surface area contributed by atoms with Gasteiger partial charge in [0, 0.05) is 0 Å². The number of anilines is 1. The molecule has 1 unspecified atom stereocenters. The molecule has 18 heavy (non-hydrogen) atoms. The molecule has 0 saturated carbocycles. The molecular formula is C12H12N2O4. The van der Waals surface area contributed by atoms with E-state index in [0.29, 0.717) is 11.3 Å². The van der Waals surface area contributed by atoms with E-state index in [9.17, 15) is 9.59 Å². The van der Waals surface area contributed by atoms with Gasteiger partial charge in [-0.1, -0.05) is 12.1 Å². The molecule has 0 fully saturated rings. The van der Waals surface area contributed by atoms with Crippen molar-refractivity contribution in [2.75, 3.05) is 5.32 Å². The summed E-state index contributed by atoms with van der Waals surface area (Å²) in [6.07, 6.45) is -0.561. The van der Waals surface area contributed by atoms with Crippen molar-refractivity contribution in [1.82, 2.24) is 0 Å². The molecule has 94 valence electrons. The predicted molar refractivity (Wildman–Crippen MR) is 63.2 cm³/mol. The van der Waals surface area contributed by atoms with Crippen LogP contribution in [-0.4, -0.2) is 28.2 Å². The van der Waals surface area contributed by atoms with Crippen LogP contribution in [0.25, 0.3) is 0 Å². The van der Waals surface area contributed by atoms with E-state index in [0.717, 1.165) is 0 Å². The molecule has 0 saturated heterocycles. The molecule has 1 atom stereocenters. The van der Waals surface area contributed by atoms with Crippen molar-refractivity contribution in [2.24, 2.45) is 0 Å². The summed E-state index contributed by atoms with van der Waals surface area (Å²) in [5.41, 5.74) is 1.32. The average Bonchev–Trinajstić information content (AvgIpc) is 2.29. The first-order valence-electron chi connectivity index (χ1n) is 5.16. The largest absolute Gasteiger partial charge is 0.481 e. The minimum atomic E-state index is -1.27. The summed E-state index contributed by atoms with van der Waals surface area (Å²) in [5.74, 6) is -2.49. The summed E-state index contributed by atoms with van der Waals surface area (Å²) in [6.45, 7) is 1.71. The normalized spacial score (nSPS) is 11.3. The summed E-state index contributed by atoms with van der Waals surface area (Å²) in [6, 6.07) is 5.58. The summed E-state index contributed by atoms with van der Waals surface area (Å²) in [7, 11) is 0. The van der Waals surface area contributed by atoms with Crippen LogP contribution in [0.5, 0.6) is 0 Å². The highest BCUT2D eigenvalue weighted by molar-refractivity contribution is 5.84. The molecular weight excluding hydrogens is 236 g/mol. The number of rotatable bonds is 5. The van der Waals surface area contributed by atoms with Crippen molar-refractivity contribution >= 4 is 17.6 Å². The van der Waals surface area contributed by atoms with Gasteiger partial charge in [-0.2, -0.15) is 5.26 Å². The number of carbonyl (C=O) groups is 2. The van der Waals surface area contributed by atoms with Crippen LogP contribution in [0.3, 0.4) is 0 Å². The highest BCUT2D eigenvalue weighted by atomic mass is 16.4. The highest BCUT2D eigenvalue weighted by Gasteiger charge is 2.22. The van der Waals surface area contributed by atoms with Crippen LogP contribution in [-0.2, 0) is 9.59 Å². The van der Waals surface area contributed by atoms with Crippen LogP contribution < -0.4 is 5.32 Å². The molecule has 3 N–H and O–H groups in total. The Morgan fingerprint density at radius 1 is 1.44 bits per heavy atom. The molecule has 0 aliphatic carbocycles. The quantitative estimate of drug-likeness (QED) is 0.722. The Hall–Kier alpha value is -2.55. The van der Waals surface area contributed by atoms with Gasteiger partial charge in [0.1, 0.15) is 12.1 Å². The number of nitrogens with zero attached hydrogens (tertiary/aromatic N) is 1. The van der Waals surface area contributed by atoms with Gasteiger partial charge < -0.3 is 15.5 Å². The number of carboxylic acid groups (broad SMARTS) is 2. The van der Waals surface area contributed by atoms with Crippen molar-refractivity contribution in [1.29, 1.82) is 5.26 Å². The summed E-state index contributed by atoms with van der Waals surface area (Å²) < 4.78 is 0. The second kappa shape index (κ2) is 5.68. The van der Waals surface area contributed by atoms with Gasteiger partial charge in [-0.15, -0.1) is 0 Å². The number of aryl methyl sites for hydroxylation is 1. The summed E-state index contributed by atoms with van der Waals surface area (Å²) >= 11 is 0. The Bertz CT molecular complexity index is 519. The number of nitrogens with one attached hydrogen (secondary N) is 1. The van der Waals surface area contributed by atoms with Crippen LogP contribution in [0.2, 0.25) is 0 Å². The molecule has 6 heteroatoms. The maximum atomic E-state index is 10.9. The van der Waals surface area contributed by atoms with Crippen molar-refractivity contribution in [3.63, 3.8) is 0 Å². The van der Waals surface area contributed by atoms with E-state index in [-0.39, 0.29) is 5.56 Å². The van der Waals surface area contributed by atoms with Crippen LogP contribution in [0.15, 0.2) is 18.2 Å². The average molecular weight is 248 g/mol. The molecule has 0 aliphatic heterocycles. The third-order valence-electron chi connectivity index (χ3n) is 2.39. The van der Waals surface area contributed by atoms with Gasteiger partial charge in [-0.05, 0) is 18.6 Å². The Morgan fingerprint density at radius 2 is 2.11 bits per heavy atom. The molecule has 0 amide bonds. The van der Waals surface area contributed by atoms with Crippen LogP contribution >= 0.6 is 0 Å². The number of hydrogen-bond acceptors (Lipinski definition) is 4. The topological polar surface area (TPSA) is 110 Å². The molecule has 6 nitrogen and oxygen atoms in total. The molecule has 0 radical (unpaired) electrons. The molecule has 1 aromatic rings. The lowest BCUT2D eigenvalue weighted by atomic mass is 10.1. The lowest BCUT2D eigenvalue weighted by Gasteiger charge is -2.16. The van der Waals surface area contributed by atoms with E-state index in [1.165, 1.54) is 6.07 Å². The fourth-order valence-electron chi connectivity index (χ4n) is 1.50. The Kier molecular flexibility index (Phi) is 4.27. The lowest BCUT2D eigenvalue weighted by Crippen LogP contribution is -2.32.